The van der Waals surface area contributed by atoms with Crippen molar-refractivity contribution < 1.29 is 5.11 Å². The largest absolute Gasteiger partial charge is 0.393 e. The number of rotatable bonds is 8. The third-order valence-electron chi connectivity index (χ3n) is 2.95. The van der Waals surface area contributed by atoms with Crippen LogP contribution in [0.3, 0.4) is 0 Å². The lowest BCUT2D eigenvalue weighted by Gasteiger charge is -2.19. The van der Waals surface area contributed by atoms with E-state index in [-0.39, 0.29) is 6.10 Å². The van der Waals surface area contributed by atoms with Crippen molar-refractivity contribution in [2.75, 3.05) is 0 Å². The Balaban J connectivity index is 3.42. The van der Waals surface area contributed by atoms with Gasteiger partial charge in [-0.1, -0.05) is 59.3 Å². The van der Waals surface area contributed by atoms with E-state index in [1.165, 1.54) is 25.7 Å². The van der Waals surface area contributed by atoms with Crippen molar-refractivity contribution in [3.8, 4) is 0 Å². The number of hydrogen-bond acceptors (Lipinski definition) is 1. The molecule has 0 rings (SSSR count). The molecule has 0 aromatic heterocycles. The standard InChI is InChI=1S/C12H26O/c1-4-7-8-9-10-12(13)11(5-2)6-3/h11-13H,4-10H2,1-3H3. The normalized spacial score (nSPS) is 13.6. The van der Waals surface area contributed by atoms with Crippen LogP contribution in [0.25, 0.3) is 0 Å². The molecular formula is C12H26O. The predicted octanol–water partition coefficient (Wildman–Crippen LogP) is 3.75. The molecule has 13 heavy (non-hydrogen) atoms. The summed E-state index contributed by atoms with van der Waals surface area (Å²) in [4.78, 5) is 0. The second kappa shape index (κ2) is 8.55. The van der Waals surface area contributed by atoms with Crippen LogP contribution in [0, 0.1) is 5.92 Å². The Kier molecular flexibility index (Phi) is 8.53. The van der Waals surface area contributed by atoms with Gasteiger partial charge in [-0.25, -0.2) is 0 Å². The second-order valence-corrected chi connectivity index (χ2v) is 3.99. The van der Waals surface area contributed by atoms with Crippen LogP contribution in [0.4, 0.5) is 0 Å². The predicted molar refractivity (Wildman–Crippen MR) is 58.8 cm³/mol. The van der Waals surface area contributed by atoms with Gasteiger partial charge in [-0.15, -0.1) is 0 Å². The highest BCUT2D eigenvalue weighted by atomic mass is 16.3. The summed E-state index contributed by atoms with van der Waals surface area (Å²) in [6.07, 6.45) is 8.27. The molecule has 1 atom stereocenters. The van der Waals surface area contributed by atoms with Crippen LogP contribution < -0.4 is 0 Å². The van der Waals surface area contributed by atoms with E-state index in [0.29, 0.717) is 5.92 Å². The number of aliphatic hydroxyl groups is 1. The zero-order valence-electron chi connectivity index (χ0n) is 9.55. The lowest BCUT2D eigenvalue weighted by atomic mass is 9.93. The first-order chi connectivity index (χ1) is 6.26. The summed E-state index contributed by atoms with van der Waals surface area (Å²) in [5.74, 6) is 0.529. The molecular weight excluding hydrogens is 160 g/mol. The van der Waals surface area contributed by atoms with Gasteiger partial charge in [0.05, 0.1) is 6.10 Å². The molecule has 0 radical (unpaired) electrons. The second-order valence-electron chi connectivity index (χ2n) is 3.99. The smallest absolute Gasteiger partial charge is 0.0568 e. The Morgan fingerprint density at radius 2 is 1.54 bits per heavy atom. The summed E-state index contributed by atoms with van der Waals surface area (Å²) in [6.45, 7) is 6.56. The van der Waals surface area contributed by atoms with E-state index in [9.17, 15) is 5.11 Å². The van der Waals surface area contributed by atoms with Gasteiger partial charge in [-0.3, -0.25) is 0 Å². The maximum atomic E-state index is 9.81. The maximum Gasteiger partial charge on any atom is 0.0568 e. The average molecular weight is 186 g/mol. The summed E-state index contributed by atoms with van der Waals surface area (Å²) in [7, 11) is 0. The minimum absolute atomic E-state index is 0.0492. The van der Waals surface area contributed by atoms with Crippen LogP contribution >= 0.6 is 0 Å². The lowest BCUT2D eigenvalue weighted by Crippen LogP contribution is -2.18. The topological polar surface area (TPSA) is 20.2 Å². The third kappa shape index (κ3) is 6.09. The number of aliphatic hydroxyl groups excluding tert-OH is 1. The van der Waals surface area contributed by atoms with Gasteiger partial charge < -0.3 is 5.11 Å². The fourth-order valence-electron chi connectivity index (χ4n) is 1.85. The Morgan fingerprint density at radius 1 is 0.923 bits per heavy atom. The molecule has 80 valence electrons. The van der Waals surface area contributed by atoms with Crippen molar-refractivity contribution in [3.05, 3.63) is 0 Å². The van der Waals surface area contributed by atoms with Crippen LogP contribution in [0.15, 0.2) is 0 Å². The summed E-state index contributed by atoms with van der Waals surface area (Å²) < 4.78 is 0. The first-order valence-electron chi connectivity index (χ1n) is 5.94. The Hall–Kier alpha value is -0.0400. The van der Waals surface area contributed by atoms with Gasteiger partial charge in [-0.05, 0) is 12.3 Å². The molecule has 0 saturated heterocycles. The van der Waals surface area contributed by atoms with Crippen LogP contribution in [0.1, 0.15) is 65.7 Å². The highest BCUT2D eigenvalue weighted by Crippen LogP contribution is 2.18. The zero-order valence-corrected chi connectivity index (χ0v) is 9.55. The molecule has 0 spiro atoms. The van der Waals surface area contributed by atoms with Crippen LogP contribution in [0.2, 0.25) is 0 Å². The summed E-state index contributed by atoms with van der Waals surface area (Å²) in [5.41, 5.74) is 0. The summed E-state index contributed by atoms with van der Waals surface area (Å²) in [6, 6.07) is 0. The van der Waals surface area contributed by atoms with E-state index in [1.807, 2.05) is 0 Å². The molecule has 1 unspecified atom stereocenters. The van der Waals surface area contributed by atoms with Crippen molar-refractivity contribution in [1.29, 1.82) is 0 Å². The Labute approximate surface area is 83.5 Å². The first kappa shape index (κ1) is 13.0. The lowest BCUT2D eigenvalue weighted by molar-refractivity contribution is 0.0914. The summed E-state index contributed by atoms with van der Waals surface area (Å²) >= 11 is 0. The van der Waals surface area contributed by atoms with Crippen molar-refractivity contribution in [2.24, 2.45) is 5.92 Å². The highest BCUT2D eigenvalue weighted by Gasteiger charge is 2.14. The van der Waals surface area contributed by atoms with Gasteiger partial charge >= 0.3 is 0 Å². The highest BCUT2D eigenvalue weighted by molar-refractivity contribution is 4.65. The van der Waals surface area contributed by atoms with E-state index in [4.69, 9.17) is 0 Å². The maximum absolute atomic E-state index is 9.81. The SMILES string of the molecule is CCCCCCC(O)C(CC)CC. The van der Waals surface area contributed by atoms with Gasteiger partial charge in [0, 0.05) is 0 Å². The quantitative estimate of drug-likeness (QED) is 0.572. The van der Waals surface area contributed by atoms with Gasteiger partial charge in [0.15, 0.2) is 0 Å². The van der Waals surface area contributed by atoms with Crippen molar-refractivity contribution >= 4 is 0 Å². The molecule has 0 saturated carbocycles. The number of hydrogen-bond donors (Lipinski definition) is 1. The monoisotopic (exact) mass is 186 g/mol. The van der Waals surface area contributed by atoms with Gasteiger partial charge in [0.1, 0.15) is 0 Å². The van der Waals surface area contributed by atoms with Crippen LogP contribution in [-0.2, 0) is 0 Å². The molecule has 0 amide bonds. The molecule has 0 heterocycles. The van der Waals surface area contributed by atoms with E-state index in [0.717, 1.165) is 19.3 Å². The molecule has 0 bridgehead atoms. The van der Waals surface area contributed by atoms with E-state index in [1.54, 1.807) is 0 Å². The van der Waals surface area contributed by atoms with E-state index in [2.05, 4.69) is 20.8 Å². The van der Waals surface area contributed by atoms with Crippen molar-refractivity contribution in [3.63, 3.8) is 0 Å². The Bertz CT molecular complexity index is 97.3. The third-order valence-corrected chi connectivity index (χ3v) is 2.95. The average Bonchev–Trinajstić information content (AvgIpc) is 2.14. The molecule has 1 N–H and O–H groups in total. The van der Waals surface area contributed by atoms with E-state index >= 15 is 0 Å². The van der Waals surface area contributed by atoms with Crippen LogP contribution in [-0.4, -0.2) is 11.2 Å². The molecule has 0 aliphatic rings. The fraction of sp³-hybridized carbons (Fsp3) is 1.00. The van der Waals surface area contributed by atoms with E-state index < -0.39 is 0 Å². The van der Waals surface area contributed by atoms with Crippen molar-refractivity contribution in [1.82, 2.24) is 0 Å². The van der Waals surface area contributed by atoms with Gasteiger partial charge in [0.25, 0.3) is 0 Å². The zero-order chi connectivity index (χ0) is 10.1. The van der Waals surface area contributed by atoms with Crippen molar-refractivity contribution in [2.45, 2.75) is 71.8 Å². The fourth-order valence-corrected chi connectivity index (χ4v) is 1.85. The minimum atomic E-state index is -0.0492. The molecule has 1 heteroatoms. The molecule has 0 aliphatic heterocycles. The molecule has 0 aliphatic carbocycles. The summed E-state index contributed by atoms with van der Waals surface area (Å²) in [5, 5.41) is 9.81. The van der Waals surface area contributed by atoms with Gasteiger partial charge in [0.2, 0.25) is 0 Å². The first-order valence-corrected chi connectivity index (χ1v) is 5.94. The Morgan fingerprint density at radius 3 is 2.00 bits per heavy atom. The minimum Gasteiger partial charge on any atom is -0.393 e. The molecule has 0 fully saturated rings. The molecule has 0 aromatic rings. The molecule has 1 nitrogen and oxygen atoms in total. The van der Waals surface area contributed by atoms with Crippen LogP contribution in [0.5, 0.6) is 0 Å². The van der Waals surface area contributed by atoms with Gasteiger partial charge in [-0.2, -0.15) is 0 Å². The number of unbranched alkanes of at least 4 members (excludes halogenated alkanes) is 3. The molecule has 0 aromatic carbocycles.